The highest BCUT2D eigenvalue weighted by molar-refractivity contribution is 7.10. The molecule has 0 saturated carbocycles. The molecule has 1 saturated heterocycles. The molecule has 138 valence electrons. The maximum absolute atomic E-state index is 12.3. The summed E-state index contributed by atoms with van der Waals surface area (Å²) in [6.45, 7) is 8.26. The van der Waals surface area contributed by atoms with E-state index in [-0.39, 0.29) is 12.5 Å². The number of hydrogen-bond acceptors (Lipinski definition) is 4. The minimum Gasteiger partial charge on any atom is -0.484 e. The number of likely N-dealkylation sites (tertiary alicyclic amines) is 1. The number of rotatable bonds is 5. The largest absolute Gasteiger partial charge is 0.484 e. The molecule has 0 atom stereocenters. The molecule has 1 aromatic carbocycles. The van der Waals surface area contributed by atoms with Gasteiger partial charge in [0.05, 0.1) is 0 Å². The van der Waals surface area contributed by atoms with E-state index in [0.29, 0.717) is 12.0 Å². The monoisotopic (exact) mass is 370 g/mol. The molecule has 4 nitrogen and oxygen atoms in total. The van der Waals surface area contributed by atoms with Gasteiger partial charge in [0.1, 0.15) is 5.75 Å². The van der Waals surface area contributed by atoms with Gasteiger partial charge in [-0.3, -0.25) is 9.69 Å². The highest BCUT2D eigenvalue weighted by Gasteiger charge is 2.36. The van der Waals surface area contributed by atoms with Crippen molar-refractivity contribution >= 4 is 17.2 Å². The maximum atomic E-state index is 12.3. The fourth-order valence-corrected chi connectivity index (χ4v) is 4.55. The fourth-order valence-electron chi connectivity index (χ4n) is 3.66. The van der Waals surface area contributed by atoms with E-state index >= 15 is 0 Å². The zero-order valence-corrected chi connectivity index (χ0v) is 16.3. The normalized spacial score (nSPS) is 17.9. The summed E-state index contributed by atoms with van der Waals surface area (Å²) in [6.07, 6.45) is 1.15. The standard InChI is InChI=1S/C21H26N2O2S/c1-15(2)16-3-5-19(6-4-16)25-14-21(24)23-12-18(13-23)22-9-7-20-17(11-22)8-10-26-20/h3-6,8,10,15,18H,7,9,11-14H2,1-2H3. The van der Waals surface area contributed by atoms with E-state index < -0.39 is 0 Å². The molecule has 0 aliphatic carbocycles. The van der Waals surface area contributed by atoms with Crippen molar-refractivity contribution in [3.63, 3.8) is 0 Å². The molecule has 1 amide bonds. The first kappa shape index (κ1) is 17.6. The average molecular weight is 371 g/mol. The third kappa shape index (κ3) is 3.64. The summed E-state index contributed by atoms with van der Waals surface area (Å²) in [7, 11) is 0. The van der Waals surface area contributed by atoms with Crippen molar-refractivity contribution in [1.82, 2.24) is 9.80 Å². The van der Waals surface area contributed by atoms with Gasteiger partial charge in [-0.2, -0.15) is 0 Å². The van der Waals surface area contributed by atoms with Crippen LogP contribution in [-0.2, 0) is 17.8 Å². The minimum atomic E-state index is 0.0856. The number of thiophene rings is 1. The van der Waals surface area contributed by atoms with Crippen molar-refractivity contribution < 1.29 is 9.53 Å². The molecular weight excluding hydrogens is 344 g/mol. The lowest BCUT2D eigenvalue weighted by Crippen LogP contribution is -2.62. The number of fused-ring (bicyclic) bond motifs is 1. The minimum absolute atomic E-state index is 0.0856. The van der Waals surface area contributed by atoms with Gasteiger partial charge in [-0.15, -0.1) is 11.3 Å². The highest BCUT2D eigenvalue weighted by Crippen LogP contribution is 2.27. The Labute approximate surface area is 159 Å². The van der Waals surface area contributed by atoms with E-state index in [0.717, 1.165) is 38.3 Å². The summed E-state index contributed by atoms with van der Waals surface area (Å²) in [5.74, 6) is 1.35. The second-order valence-corrected chi connectivity index (χ2v) is 8.56. The van der Waals surface area contributed by atoms with Gasteiger partial charge in [-0.1, -0.05) is 26.0 Å². The first-order chi connectivity index (χ1) is 12.6. The Hall–Kier alpha value is -1.85. The van der Waals surface area contributed by atoms with E-state index in [4.69, 9.17) is 4.74 Å². The molecule has 0 spiro atoms. The van der Waals surface area contributed by atoms with Crippen LogP contribution in [0, 0.1) is 0 Å². The van der Waals surface area contributed by atoms with Crippen molar-refractivity contribution in [2.45, 2.75) is 38.8 Å². The average Bonchev–Trinajstić information content (AvgIpc) is 3.07. The van der Waals surface area contributed by atoms with Crippen molar-refractivity contribution in [2.24, 2.45) is 0 Å². The molecule has 0 bridgehead atoms. The molecule has 2 aliphatic rings. The lowest BCUT2D eigenvalue weighted by molar-refractivity contribution is -0.141. The first-order valence-corrected chi connectivity index (χ1v) is 10.3. The van der Waals surface area contributed by atoms with Crippen LogP contribution in [-0.4, -0.2) is 48.0 Å². The molecule has 1 aromatic heterocycles. The lowest BCUT2D eigenvalue weighted by atomic mass is 10.0. The van der Waals surface area contributed by atoms with Gasteiger partial charge >= 0.3 is 0 Å². The van der Waals surface area contributed by atoms with E-state index in [1.54, 1.807) is 0 Å². The number of carbonyl (C=O) groups is 1. The van der Waals surface area contributed by atoms with E-state index in [9.17, 15) is 4.79 Å². The van der Waals surface area contributed by atoms with Gasteiger partial charge in [0.25, 0.3) is 5.91 Å². The number of nitrogens with zero attached hydrogens (tertiary/aromatic N) is 2. The number of hydrogen-bond donors (Lipinski definition) is 0. The van der Waals surface area contributed by atoms with E-state index in [1.807, 2.05) is 28.4 Å². The maximum Gasteiger partial charge on any atom is 0.260 e. The molecule has 4 rings (SSSR count). The quantitative estimate of drug-likeness (QED) is 0.807. The second kappa shape index (κ2) is 7.41. The van der Waals surface area contributed by atoms with Crippen molar-refractivity contribution in [3.8, 4) is 5.75 Å². The molecule has 2 aliphatic heterocycles. The van der Waals surface area contributed by atoms with Crippen LogP contribution in [0.3, 0.4) is 0 Å². The Morgan fingerprint density at radius 3 is 2.73 bits per heavy atom. The Morgan fingerprint density at radius 2 is 2.00 bits per heavy atom. The molecule has 5 heteroatoms. The van der Waals surface area contributed by atoms with Crippen LogP contribution in [0.15, 0.2) is 35.7 Å². The molecule has 0 radical (unpaired) electrons. The van der Waals surface area contributed by atoms with E-state index in [2.05, 4.69) is 42.3 Å². The number of amides is 1. The molecule has 26 heavy (non-hydrogen) atoms. The number of benzene rings is 1. The predicted octanol–water partition coefficient (Wildman–Crippen LogP) is 3.52. The summed E-state index contributed by atoms with van der Waals surface area (Å²) in [4.78, 5) is 18.3. The van der Waals surface area contributed by atoms with Gasteiger partial charge < -0.3 is 9.64 Å². The Bertz CT molecular complexity index is 763. The lowest BCUT2D eigenvalue weighted by Gasteiger charge is -2.46. The molecule has 1 fully saturated rings. The summed E-state index contributed by atoms with van der Waals surface area (Å²) in [6, 6.07) is 10.8. The zero-order valence-electron chi connectivity index (χ0n) is 15.5. The fraction of sp³-hybridized carbons (Fsp3) is 0.476. The zero-order chi connectivity index (χ0) is 18.1. The van der Waals surface area contributed by atoms with Crippen molar-refractivity contribution in [2.75, 3.05) is 26.2 Å². The van der Waals surface area contributed by atoms with Gasteiger partial charge in [0.2, 0.25) is 0 Å². The molecule has 2 aromatic rings. The first-order valence-electron chi connectivity index (χ1n) is 9.40. The van der Waals surface area contributed by atoms with Crippen LogP contribution in [0.1, 0.15) is 35.8 Å². The Kier molecular flexibility index (Phi) is 5.00. The molecule has 0 N–H and O–H groups in total. The van der Waals surface area contributed by atoms with Gasteiger partial charge in [-0.05, 0) is 47.0 Å². The van der Waals surface area contributed by atoms with Crippen LogP contribution < -0.4 is 4.74 Å². The third-order valence-corrected chi connectivity index (χ3v) is 6.50. The van der Waals surface area contributed by atoms with Gasteiger partial charge in [0.15, 0.2) is 6.61 Å². The number of ether oxygens (including phenoxy) is 1. The SMILES string of the molecule is CC(C)c1ccc(OCC(=O)N2CC(N3CCc4sccc4C3)C2)cc1. The van der Waals surface area contributed by atoms with Crippen LogP contribution >= 0.6 is 11.3 Å². The molecule has 0 unspecified atom stereocenters. The second-order valence-electron chi connectivity index (χ2n) is 7.55. The summed E-state index contributed by atoms with van der Waals surface area (Å²) in [5, 5.41) is 2.19. The Balaban J connectivity index is 1.22. The number of carbonyl (C=O) groups excluding carboxylic acids is 1. The van der Waals surface area contributed by atoms with Crippen LogP contribution in [0.5, 0.6) is 5.75 Å². The smallest absolute Gasteiger partial charge is 0.260 e. The highest BCUT2D eigenvalue weighted by atomic mass is 32.1. The van der Waals surface area contributed by atoms with Gasteiger partial charge in [0, 0.05) is 37.1 Å². The van der Waals surface area contributed by atoms with Crippen LogP contribution in [0.4, 0.5) is 0 Å². The van der Waals surface area contributed by atoms with Crippen LogP contribution in [0.2, 0.25) is 0 Å². The van der Waals surface area contributed by atoms with Crippen molar-refractivity contribution in [3.05, 3.63) is 51.7 Å². The summed E-state index contributed by atoms with van der Waals surface area (Å²) >= 11 is 1.87. The van der Waals surface area contributed by atoms with Crippen molar-refractivity contribution in [1.29, 1.82) is 0 Å². The third-order valence-electron chi connectivity index (χ3n) is 5.48. The van der Waals surface area contributed by atoms with E-state index in [1.165, 1.54) is 16.0 Å². The molecular formula is C21H26N2O2S. The Morgan fingerprint density at radius 1 is 1.23 bits per heavy atom. The van der Waals surface area contributed by atoms with Crippen LogP contribution in [0.25, 0.3) is 0 Å². The predicted molar refractivity (Wildman–Crippen MR) is 105 cm³/mol. The van der Waals surface area contributed by atoms with Gasteiger partial charge in [-0.25, -0.2) is 0 Å². The summed E-state index contributed by atoms with van der Waals surface area (Å²) in [5.41, 5.74) is 2.75. The molecule has 3 heterocycles. The summed E-state index contributed by atoms with van der Waals surface area (Å²) < 4.78 is 5.67. The topological polar surface area (TPSA) is 32.8 Å².